The van der Waals surface area contributed by atoms with Gasteiger partial charge in [-0.25, -0.2) is 0 Å². The van der Waals surface area contributed by atoms with Crippen molar-refractivity contribution in [3.8, 4) is 5.75 Å². The third kappa shape index (κ3) is 6.34. The first kappa shape index (κ1) is 25.5. The molecule has 1 aromatic carbocycles. The fourth-order valence-corrected chi connectivity index (χ4v) is 5.83. The van der Waals surface area contributed by atoms with Crippen LogP contribution < -0.4 is 4.74 Å². The van der Waals surface area contributed by atoms with Crippen LogP contribution in [0, 0.1) is 18.8 Å². The highest BCUT2D eigenvalue weighted by Crippen LogP contribution is 2.34. The van der Waals surface area contributed by atoms with Gasteiger partial charge in [0.2, 0.25) is 0 Å². The van der Waals surface area contributed by atoms with Gasteiger partial charge in [-0.3, -0.25) is 14.9 Å². The number of H-pyrrole nitrogens is 1. The highest BCUT2D eigenvalue weighted by molar-refractivity contribution is 7.99. The number of nitrogens with one attached hydrogen (secondary N) is 1. The number of piperidine rings is 1. The van der Waals surface area contributed by atoms with E-state index in [2.05, 4.69) is 20.1 Å². The molecule has 1 aliphatic heterocycles. The number of carbonyl (C=O) groups is 1. The van der Waals surface area contributed by atoms with Crippen molar-refractivity contribution < 1.29 is 19.7 Å². The minimum atomic E-state index is -0.739. The molecule has 0 bridgehead atoms. The summed E-state index contributed by atoms with van der Waals surface area (Å²) >= 11 is 1.79. The summed E-state index contributed by atoms with van der Waals surface area (Å²) in [4.78, 5) is 19.9. The number of carboxylic acid groups (broad SMARTS) is 1. The number of hydrogen-bond acceptors (Lipinski definition) is 7. The third-order valence-corrected chi connectivity index (χ3v) is 8.18. The highest BCUT2D eigenvalue weighted by atomic mass is 32.2. The first-order chi connectivity index (χ1) is 17.0. The van der Waals surface area contributed by atoms with E-state index in [9.17, 15) is 15.0 Å². The number of aliphatic carboxylic acids is 1. The molecular weight excluding hydrogens is 464 g/mol. The van der Waals surface area contributed by atoms with Gasteiger partial charge in [-0.2, -0.15) is 5.10 Å². The molecule has 1 saturated heterocycles. The Balaban J connectivity index is 1.30. The Labute approximate surface area is 210 Å². The molecule has 8 nitrogen and oxygen atoms in total. The molecule has 4 rings (SSSR count). The second-order valence-electron chi connectivity index (χ2n) is 9.23. The van der Waals surface area contributed by atoms with Crippen molar-refractivity contribution in [2.75, 3.05) is 32.5 Å². The zero-order valence-corrected chi connectivity index (χ0v) is 21.1. The van der Waals surface area contributed by atoms with Crippen LogP contribution in [0.25, 0.3) is 10.9 Å². The van der Waals surface area contributed by atoms with Crippen LogP contribution in [0.4, 0.5) is 0 Å². The van der Waals surface area contributed by atoms with Crippen LogP contribution in [0.5, 0.6) is 5.75 Å². The third-order valence-electron chi connectivity index (χ3n) is 6.97. The maximum atomic E-state index is 12.1. The number of thioether (sulfide) groups is 1. The number of aromatic amines is 1. The molecule has 0 aliphatic carbocycles. The number of methoxy groups -OCH3 is 1. The van der Waals surface area contributed by atoms with Crippen LogP contribution in [-0.2, 0) is 4.79 Å². The van der Waals surface area contributed by atoms with E-state index in [0.717, 1.165) is 59.6 Å². The van der Waals surface area contributed by atoms with Crippen LogP contribution in [0.15, 0.2) is 41.6 Å². The SMILES string of the molecule is COc1ccc2nccc(C(O)CC[C@@H]3CCN(CCCSc4cn[nH]c4C)C[C@@H]3C(=O)O)c2c1. The summed E-state index contributed by atoms with van der Waals surface area (Å²) in [5, 5.41) is 28.8. The van der Waals surface area contributed by atoms with Crippen molar-refractivity contribution in [3.63, 3.8) is 0 Å². The molecule has 0 amide bonds. The topological polar surface area (TPSA) is 112 Å². The largest absolute Gasteiger partial charge is 0.497 e. The molecule has 0 spiro atoms. The van der Waals surface area contributed by atoms with E-state index < -0.39 is 18.0 Å². The van der Waals surface area contributed by atoms with Gasteiger partial charge in [0.15, 0.2) is 0 Å². The van der Waals surface area contributed by atoms with Crippen molar-refractivity contribution in [2.24, 2.45) is 11.8 Å². The predicted molar refractivity (Wildman–Crippen MR) is 137 cm³/mol. The number of ether oxygens (including phenoxy) is 1. The van der Waals surface area contributed by atoms with Gasteiger partial charge in [0.05, 0.1) is 30.8 Å². The molecular formula is C26H34N4O4S. The van der Waals surface area contributed by atoms with Crippen LogP contribution in [0.1, 0.15) is 43.0 Å². The minimum Gasteiger partial charge on any atom is -0.497 e. The number of pyridine rings is 1. The second kappa shape index (κ2) is 11.9. The van der Waals surface area contributed by atoms with Crippen LogP contribution >= 0.6 is 11.8 Å². The highest BCUT2D eigenvalue weighted by Gasteiger charge is 2.34. The lowest BCUT2D eigenvalue weighted by Crippen LogP contribution is -2.44. The van der Waals surface area contributed by atoms with Gasteiger partial charge in [-0.1, -0.05) is 0 Å². The maximum absolute atomic E-state index is 12.1. The van der Waals surface area contributed by atoms with Crippen molar-refractivity contribution in [1.82, 2.24) is 20.1 Å². The molecule has 9 heteroatoms. The Morgan fingerprint density at radius 3 is 2.97 bits per heavy atom. The quantitative estimate of drug-likeness (QED) is 0.265. The monoisotopic (exact) mass is 498 g/mol. The van der Waals surface area contributed by atoms with Crippen molar-refractivity contribution in [2.45, 2.75) is 43.6 Å². The number of aliphatic hydroxyl groups excluding tert-OH is 1. The molecule has 3 N–H and O–H groups in total. The molecule has 3 aromatic rings. The molecule has 2 aromatic heterocycles. The lowest BCUT2D eigenvalue weighted by Gasteiger charge is -2.37. The van der Waals surface area contributed by atoms with E-state index in [4.69, 9.17) is 4.74 Å². The van der Waals surface area contributed by atoms with Crippen LogP contribution in [0.3, 0.4) is 0 Å². The lowest BCUT2D eigenvalue weighted by molar-refractivity contribution is -0.146. The first-order valence-electron chi connectivity index (χ1n) is 12.1. The van der Waals surface area contributed by atoms with Gasteiger partial charge in [0.1, 0.15) is 5.75 Å². The van der Waals surface area contributed by atoms with Crippen molar-refractivity contribution in [3.05, 3.63) is 47.9 Å². The van der Waals surface area contributed by atoms with E-state index in [1.165, 1.54) is 4.90 Å². The van der Waals surface area contributed by atoms with Crippen LogP contribution in [0.2, 0.25) is 0 Å². The minimum absolute atomic E-state index is 0.0593. The zero-order chi connectivity index (χ0) is 24.8. The van der Waals surface area contributed by atoms with Gasteiger partial charge in [0.25, 0.3) is 0 Å². The van der Waals surface area contributed by atoms with Gasteiger partial charge in [-0.15, -0.1) is 11.8 Å². The van der Waals surface area contributed by atoms with Gasteiger partial charge in [0, 0.05) is 28.7 Å². The summed E-state index contributed by atoms with van der Waals surface area (Å²) < 4.78 is 5.34. The summed E-state index contributed by atoms with van der Waals surface area (Å²) in [7, 11) is 1.62. The molecule has 0 radical (unpaired) electrons. The van der Waals surface area contributed by atoms with E-state index >= 15 is 0 Å². The first-order valence-corrected chi connectivity index (χ1v) is 13.1. The average Bonchev–Trinajstić information content (AvgIpc) is 3.29. The maximum Gasteiger partial charge on any atom is 0.308 e. The average molecular weight is 499 g/mol. The summed E-state index contributed by atoms with van der Waals surface area (Å²) in [5.74, 6) is 0.611. The summed E-state index contributed by atoms with van der Waals surface area (Å²) in [6, 6.07) is 7.47. The molecule has 3 heterocycles. The smallest absolute Gasteiger partial charge is 0.308 e. The molecule has 1 aliphatic rings. The Morgan fingerprint density at radius 1 is 1.37 bits per heavy atom. The fraction of sp³-hybridized carbons (Fsp3) is 0.500. The Kier molecular flexibility index (Phi) is 8.64. The van der Waals surface area contributed by atoms with Gasteiger partial charge >= 0.3 is 5.97 Å². The number of carboxylic acids is 1. The normalized spacial score (nSPS) is 19.6. The summed E-state index contributed by atoms with van der Waals surface area (Å²) in [6.45, 7) is 4.38. The number of aryl methyl sites for hydroxylation is 1. The summed E-state index contributed by atoms with van der Waals surface area (Å²) in [5.41, 5.74) is 2.70. The van der Waals surface area contributed by atoms with Crippen LogP contribution in [-0.4, -0.2) is 68.8 Å². The number of aromatic nitrogens is 3. The Morgan fingerprint density at radius 2 is 2.23 bits per heavy atom. The fourth-order valence-electron chi connectivity index (χ4n) is 4.94. The number of likely N-dealkylation sites (tertiary alicyclic amines) is 1. The molecule has 1 unspecified atom stereocenters. The van der Waals surface area contributed by atoms with Gasteiger partial charge in [-0.05, 0) is 87.2 Å². The molecule has 188 valence electrons. The predicted octanol–water partition coefficient (Wildman–Crippen LogP) is 4.29. The molecule has 0 saturated carbocycles. The molecule has 35 heavy (non-hydrogen) atoms. The Bertz CT molecular complexity index is 1140. The van der Waals surface area contributed by atoms with Gasteiger partial charge < -0.3 is 19.8 Å². The van der Waals surface area contributed by atoms with Crippen molar-refractivity contribution in [1.29, 1.82) is 0 Å². The molecule has 1 fully saturated rings. The Hall–Kier alpha value is -2.62. The number of fused-ring (bicyclic) bond motifs is 1. The molecule has 3 atom stereocenters. The lowest BCUT2D eigenvalue weighted by atomic mass is 9.81. The van der Waals surface area contributed by atoms with E-state index in [-0.39, 0.29) is 5.92 Å². The zero-order valence-electron chi connectivity index (χ0n) is 20.3. The van der Waals surface area contributed by atoms with Crippen molar-refractivity contribution >= 4 is 28.6 Å². The number of nitrogens with zero attached hydrogens (tertiary/aromatic N) is 3. The number of rotatable bonds is 11. The number of hydrogen-bond donors (Lipinski definition) is 3. The number of aliphatic hydroxyl groups is 1. The van der Waals surface area contributed by atoms with E-state index in [1.807, 2.05) is 37.4 Å². The van der Waals surface area contributed by atoms with E-state index in [1.54, 1.807) is 25.1 Å². The summed E-state index contributed by atoms with van der Waals surface area (Å²) in [6.07, 6.45) is 5.92. The standard InChI is InChI=1S/C26H34N4O4S/c1-17-25(15-28-29-17)35-13-3-11-30-12-9-18(22(16-30)26(32)33)4-7-24(31)20-8-10-27-23-6-5-19(34-2)14-21(20)23/h5-6,8,10,14-15,18,22,24,31H,3-4,7,9,11-13,16H2,1-2H3,(H,28,29)(H,32,33)/t18-,22+,24?/m1/s1. The number of benzene rings is 1. The van der Waals surface area contributed by atoms with E-state index in [0.29, 0.717) is 19.4 Å². The second-order valence-corrected chi connectivity index (χ2v) is 10.4.